The van der Waals surface area contributed by atoms with Crippen molar-refractivity contribution in [1.29, 1.82) is 0 Å². The van der Waals surface area contributed by atoms with Crippen molar-refractivity contribution in [2.75, 3.05) is 0 Å². The van der Waals surface area contributed by atoms with Gasteiger partial charge in [-0.05, 0) is 30.9 Å². The van der Waals surface area contributed by atoms with Gasteiger partial charge in [0.15, 0.2) is 9.84 Å². The van der Waals surface area contributed by atoms with Gasteiger partial charge in [0.05, 0.1) is 4.90 Å². The van der Waals surface area contributed by atoms with E-state index in [9.17, 15) is 8.42 Å². The van der Waals surface area contributed by atoms with E-state index in [0.717, 1.165) is 12.8 Å². The van der Waals surface area contributed by atoms with Gasteiger partial charge in [0, 0.05) is 0 Å². The Bertz CT molecular complexity index is 409. The normalized spacial score (nSPS) is 19.2. The van der Waals surface area contributed by atoms with Crippen LogP contribution < -0.4 is 5.73 Å². The smallest absolute Gasteiger partial charge is 0.194 e. The molecular weight excluding hydrogens is 198 g/mol. The molecule has 1 saturated carbocycles. The number of sulfone groups is 1. The molecule has 0 radical (unpaired) electrons. The second-order valence-corrected chi connectivity index (χ2v) is 5.77. The summed E-state index contributed by atoms with van der Waals surface area (Å²) in [5.74, 6) is 0.167. The predicted molar refractivity (Wildman–Crippen MR) is 54.3 cm³/mol. The summed E-state index contributed by atoms with van der Waals surface area (Å²) in [5, 5.41) is -0.718. The van der Waals surface area contributed by atoms with E-state index in [4.69, 9.17) is 5.73 Å². The maximum absolute atomic E-state index is 11.9. The minimum absolute atomic E-state index is 0.167. The van der Waals surface area contributed by atoms with Gasteiger partial charge in [0.1, 0.15) is 5.37 Å². The molecule has 0 heterocycles. The van der Waals surface area contributed by atoms with Gasteiger partial charge in [-0.25, -0.2) is 8.42 Å². The van der Waals surface area contributed by atoms with Gasteiger partial charge in [-0.2, -0.15) is 0 Å². The first kappa shape index (κ1) is 9.68. The Morgan fingerprint density at radius 2 is 1.79 bits per heavy atom. The maximum Gasteiger partial charge on any atom is 0.194 e. The summed E-state index contributed by atoms with van der Waals surface area (Å²) in [6.45, 7) is 0. The number of benzene rings is 1. The monoisotopic (exact) mass is 211 g/mol. The summed E-state index contributed by atoms with van der Waals surface area (Å²) in [5.41, 5.74) is 5.70. The summed E-state index contributed by atoms with van der Waals surface area (Å²) in [6.07, 6.45) is 1.88. The molecule has 1 atom stereocenters. The molecule has 0 aliphatic heterocycles. The van der Waals surface area contributed by atoms with Crippen LogP contribution in [0.5, 0.6) is 0 Å². The highest BCUT2D eigenvalue weighted by molar-refractivity contribution is 7.92. The zero-order valence-corrected chi connectivity index (χ0v) is 8.57. The molecule has 1 aromatic rings. The zero-order chi connectivity index (χ0) is 10.2. The first-order chi connectivity index (χ1) is 6.62. The standard InChI is InChI=1S/C10H13NO2S/c11-10(8-6-7-8)14(12,13)9-4-2-1-3-5-9/h1-5,8,10H,6-7,11H2. The molecular formula is C10H13NO2S. The van der Waals surface area contributed by atoms with Gasteiger partial charge in [-0.3, -0.25) is 0 Å². The summed E-state index contributed by atoms with van der Waals surface area (Å²) in [6, 6.07) is 8.41. The minimum Gasteiger partial charge on any atom is -0.315 e. The molecule has 0 amide bonds. The Morgan fingerprint density at radius 3 is 2.29 bits per heavy atom. The Kier molecular flexibility index (Phi) is 2.33. The summed E-state index contributed by atoms with van der Waals surface area (Å²) in [7, 11) is -3.30. The number of nitrogens with two attached hydrogens (primary N) is 1. The van der Waals surface area contributed by atoms with Gasteiger partial charge in [0.25, 0.3) is 0 Å². The second-order valence-electron chi connectivity index (χ2n) is 3.66. The number of rotatable bonds is 3. The number of hydrogen-bond donors (Lipinski definition) is 1. The molecule has 2 N–H and O–H groups in total. The first-order valence-corrected chi connectivity index (χ1v) is 6.21. The van der Waals surface area contributed by atoms with E-state index in [-0.39, 0.29) is 5.92 Å². The molecule has 2 rings (SSSR count). The molecule has 0 aromatic heterocycles. The van der Waals surface area contributed by atoms with Gasteiger partial charge in [-0.15, -0.1) is 0 Å². The minimum atomic E-state index is -3.30. The van der Waals surface area contributed by atoms with E-state index in [1.54, 1.807) is 30.3 Å². The molecule has 4 heteroatoms. The van der Waals surface area contributed by atoms with Crippen molar-refractivity contribution in [2.45, 2.75) is 23.1 Å². The van der Waals surface area contributed by atoms with Crippen LogP contribution in [0, 0.1) is 5.92 Å². The molecule has 0 saturated heterocycles. The average molecular weight is 211 g/mol. The average Bonchev–Trinajstić information content (AvgIpc) is 3.01. The highest BCUT2D eigenvalue weighted by Crippen LogP contribution is 2.35. The van der Waals surface area contributed by atoms with E-state index in [0.29, 0.717) is 4.90 Å². The quantitative estimate of drug-likeness (QED) is 0.816. The summed E-state index contributed by atoms with van der Waals surface area (Å²) < 4.78 is 23.8. The molecule has 14 heavy (non-hydrogen) atoms. The van der Waals surface area contributed by atoms with Crippen LogP contribution in [0.1, 0.15) is 12.8 Å². The fourth-order valence-electron chi connectivity index (χ4n) is 1.45. The lowest BCUT2D eigenvalue weighted by Gasteiger charge is -2.11. The molecule has 1 aliphatic rings. The van der Waals surface area contributed by atoms with E-state index < -0.39 is 15.2 Å². The lowest BCUT2D eigenvalue weighted by atomic mass is 10.4. The summed E-state index contributed by atoms with van der Waals surface area (Å²) >= 11 is 0. The molecule has 0 spiro atoms. The van der Waals surface area contributed by atoms with Crippen molar-refractivity contribution in [3.63, 3.8) is 0 Å². The lowest BCUT2D eigenvalue weighted by Crippen LogP contribution is -2.32. The van der Waals surface area contributed by atoms with Crippen molar-refractivity contribution in [3.05, 3.63) is 30.3 Å². The first-order valence-electron chi connectivity index (χ1n) is 4.67. The summed E-state index contributed by atoms with van der Waals surface area (Å²) in [4.78, 5) is 0.333. The van der Waals surface area contributed by atoms with E-state index in [2.05, 4.69) is 0 Å². The van der Waals surface area contributed by atoms with Crippen molar-refractivity contribution in [1.82, 2.24) is 0 Å². The molecule has 76 valence electrons. The van der Waals surface area contributed by atoms with Crippen LogP contribution in [0.3, 0.4) is 0 Å². The highest BCUT2D eigenvalue weighted by Gasteiger charge is 2.37. The fourth-order valence-corrected chi connectivity index (χ4v) is 3.08. The van der Waals surface area contributed by atoms with Gasteiger partial charge >= 0.3 is 0 Å². The van der Waals surface area contributed by atoms with Gasteiger partial charge in [-0.1, -0.05) is 18.2 Å². The third-order valence-corrected chi connectivity index (χ3v) is 4.55. The lowest BCUT2D eigenvalue weighted by molar-refractivity contribution is 0.570. The van der Waals surface area contributed by atoms with Crippen molar-refractivity contribution >= 4 is 9.84 Å². The van der Waals surface area contributed by atoms with Crippen molar-refractivity contribution < 1.29 is 8.42 Å². The highest BCUT2D eigenvalue weighted by atomic mass is 32.2. The van der Waals surface area contributed by atoms with Gasteiger partial charge < -0.3 is 5.73 Å². The molecule has 3 nitrogen and oxygen atoms in total. The van der Waals surface area contributed by atoms with Gasteiger partial charge in [0.2, 0.25) is 0 Å². The molecule has 1 aliphatic carbocycles. The van der Waals surface area contributed by atoms with E-state index in [1.165, 1.54) is 0 Å². The second kappa shape index (κ2) is 3.37. The van der Waals surface area contributed by atoms with Crippen LogP contribution in [0.25, 0.3) is 0 Å². The Morgan fingerprint density at radius 1 is 1.21 bits per heavy atom. The molecule has 1 unspecified atom stereocenters. The Labute approximate surface area is 83.9 Å². The van der Waals surface area contributed by atoms with E-state index in [1.807, 2.05) is 0 Å². The zero-order valence-electron chi connectivity index (χ0n) is 7.76. The number of hydrogen-bond acceptors (Lipinski definition) is 3. The third kappa shape index (κ3) is 1.67. The fraction of sp³-hybridized carbons (Fsp3) is 0.400. The Balaban J connectivity index is 2.32. The predicted octanol–water partition coefficient (Wildman–Crippen LogP) is 1.16. The SMILES string of the molecule is NC(C1CC1)S(=O)(=O)c1ccccc1. The van der Waals surface area contributed by atoms with Crippen LogP contribution in [-0.2, 0) is 9.84 Å². The molecule has 1 aromatic carbocycles. The van der Waals surface area contributed by atoms with Crippen LogP contribution in [0.15, 0.2) is 35.2 Å². The van der Waals surface area contributed by atoms with Crippen LogP contribution in [0.4, 0.5) is 0 Å². The van der Waals surface area contributed by atoms with Crippen LogP contribution in [0.2, 0.25) is 0 Å². The van der Waals surface area contributed by atoms with Crippen LogP contribution >= 0.6 is 0 Å². The van der Waals surface area contributed by atoms with E-state index >= 15 is 0 Å². The van der Waals surface area contributed by atoms with Crippen LogP contribution in [-0.4, -0.2) is 13.8 Å². The third-order valence-electron chi connectivity index (χ3n) is 2.52. The molecule has 1 fully saturated rings. The maximum atomic E-state index is 11.9. The van der Waals surface area contributed by atoms with Crippen molar-refractivity contribution in [3.8, 4) is 0 Å². The Hall–Kier alpha value is -0.870. The molecule has 0 bridgehead atoms. The topological polar surface area (TPSA) is 60.2 Å². The largest absolute Gasteiger partial charge is 0.315 e. The van der Waals surface area contributed by atoms with Crippen molar-refractivity contribution in [2.24, 2.45) is 11.7 Å².